The van der Waals surface area contributed by atoms with Crippen LogP contribution in [0.15, 0.2) is 36.7 Å². The number of aromatic nitrogens is 2. The Bertz CT molecular complexity index is 687. The zero-order valence-electron chi connectivity index (χ0n) is 12.8. The first kappa shape index (κ1) is 15.8. The van der Waals surface area contributed by atoms with E-state index in [2.05, 4.69) is 10.4 Å². The Morgan fingerprint density at radius 1 is 1.27 bits per heavy atom. The quantitative estimate of drug-likeness (QED) is 0.888. The van der Waals surface area contributed by atoms with Crippen molar-refractivity contribution in [3.05, 3.63) is 47.8 Å². The molecule has 0 aliphatic heterocycles. The Morgan fingerprint density at radius 3 is 2.41 bits per heavy atom. The standard InChI is InChI=1S/C16H19N3O3/c1-4-19-10-11(9-17-19)14(20)18-13-7-5-12(6-8-13)16(2,3)15(21)22/h5-10H,4H2,1-3H3,(H,18,20)(H,21,22). The summed E-state index contributed by atoms with van der Waals surface area (Å²) in [5.41, 5.74) is 0.804. The summed E-state index contributed by atoms with van der Waals surface area (Å²) in [7, 11) is 0. The van der Waals surface area contributed by atoms with Gasteiger partial charge >= 0.3 is 5.97 Å². The van der Waals surface area contributed by atoms with Gasteiger partial charge in [-0.1, -0.05) is 12.1 Å². The second-order valence-corrected chi connectivity index (χ2v) is 5.55. The monoisotopic (exact) mass is 301 g/mol. The van der Waals surface area contributed by atoms with Crippen molar-refractivity contribution in [2.75, 3.05) is 5.32 Å². The van der Waals surface area contributed by atoms with Gasteiger partial charge in [0, 0.05) is 18.4 Å². The molecule has 1 heterocycles. The molecule has 6 heteroatoms. The third kappa shape index (κ3) is 3.16. The molecule has 0 atom stereocenters. The van der Waals surface area contributed by atoms with E-state index in [0.717, 1.165) is 0 Å². The molecule has 22 heavy (non-hydrogen) atoms. The van der Waals surface area contributed by atoms with E-state index in [1.165, 1.54) is 6.20 Å². The summed E-state index contributed by atoms with van der Waals surface area (Å²) in [5.74, 6) is -1.14. The predicted molar refractivity (Wildman–Crippen MR) is 83.0 cm³/mol. The topological polar surface area (TPSA) is 84.2 Å². The molecule has 0 fully saturated rings. The maximum Gasteiger partial charge on any atom is 0.313 e. The third-order valence-electron chi connectivity index (χ3n) is 3.62. The average molecular weight is 301 g/mol. The number of carbonyl (C=O) groups excluding carboxylic acids is 1. The lowest BCUT2D eigenvalue weighted by Gasteiger charge is -2.19. The van der Waals surface area contributed by atoms with Gasteiger partial charge in [-0.2, -0.15) is 5.10 Å². The number of anilines is 1. The van der Waals surface area contributed by atoms with Gasteiger partial charge < -0.3 is 10.4 Å². The van der Waals surface area contributed by atoms with Crippen LogP contribution in [0.2, 0.25) is 0 Å². The molecule has 2 aromatic rings. The number of rotatable bonds is 5. The van der Waals surface area contributed by atoms with Crippen LogP contribution in [-0.4, -0.2) is 26.8 Å². The molecule has 0 bridgehead atoms. The number of amides is 1. The highest BCUT2D eigenvalue weighted by molar-refractivity contribution is 6.03. The van der Waals surface area contributed by atoms with Gasteiger partial charge in [0.2, 0.25) is 0 Å². The molecule has 0 saturated heterocycles. The molecule has 0 saturated carbocycles. The Kier molecular flexibility index (Phi) is 4.30. The van der Waals surface area contributed by atoms with Crippen molar-refractivity contribution in [1.82, 2.24) is 9.78 Å². The number of aryl methyl sites for hydroxylation is 1. The van der Waals surface area contributed by atoms with E-state index < -0.39 is 11.4 Å². The largest absolute Gasteiger partial charge is 0.481 e. The predicted octanol–water partition coefficient (Wildman–Crippen LogP) is 2.52. The highest BCUT2D eigenvalue weighted by Gasteiger charge is 2.29. The van der Waals surface area contributed by atoms with E-state index in [1.807, 2.05) is 6.92 Å². The summed E-state index contributed by atoms with van der Waals surface area (Å²) in [6, 6.07) is 6.81. The van der Waals surface area contributed by atoms with Crippen LogP contribution in [0.25, 0.3) is 0 Å². The molecule has 1 aromatic heterocycles. The van der Waals surface area contributed by atoms with Gasteiger partial charge in [0.05, 0.1) is 17.2 Å². The fourth-order valence-electron chi connectivity index (χ4n) is 1.95. The van der Waals surface area contributed by atoms with Gasteiger partial charge in [0.25, 0.3) is 5.91 Å². The van der Waals surface area contributed by atoms with Crippen molar-refractivity contribution in [3.63, 3.8) is 0 Å². The fraction of sp³-hybridized carbons (Fsp3) is 0.312. The lowest BCUT2D eigenvalue weighted by atomic mass is 9.85. The molecule has 0 aliphatic rings. The van der Waals surface area contributed by atoms with E-state index >= 15 is 0 Å². The summed E-state index contributed by atoms with van der Waals surface area (Å²) in [4.78, 5) is 23.3. The Balaban J connectivity index is 2.11. The van der Waals surface area contributed by atoms with Crippen LogP contribution in [0.4, 0.5) is 5.69 Å². The summed E-state index contributed by atoms with van der Waals surface area (Å²) in [5, 5.41) is 16.0. The molecule has 0 spiro atoms. The number of aliphatic carboxylic acids is 1. The van der Waals surface area contributed by atoms with Crippen LogP contribution in [0.5, 0.6) is 0 Å². The lowest BCUT2D eigenvalue weighted by molar-refractivity contribution is -0.142. The molecule has 0 aliphatic carbocycles. The maximum atomic E-state index is 12.1. The van der Waals surface area contributed by atoms with Gasteiger partial charge in [-0.25, -0.2) is 0 Å². The van der Waals surface area contributed by atoms with E-state index in [9.17, 15) is 14.7 Å². The fourth-order valence-corrected chi connectivity index (χ4v) is 1.95. The third-order valence-corrected chi connectivity index (χ3v) is 3.62. The number of nitrogens with zero attached hydrogens (tertiary/aromatic N) is 2. The number of carboxylic acids is 1. The molecule has 2 N–H and O–H groups in total. The second-order valence-electron chi connectivity index (χ2n) is 5.55. The van der Waals surface area contributed by atoms with Crippen LogP contribution in [-0.2, 0) is 16.8 Å². The summed E-state index contributed by atoms with van der Waals surface area (Å²) < 4.78 is 1.67. The maximum absolute atomic E-state index is 12.1. The summed E-state index contributed by atoms with van der Waals surface area (Å²) >= 11 is 0. The van der Waals surface area contributed by atoms with Gasteiger partial charge in [-0.05, 0) is 38.5 Å². The molecule has 1 aromatic carbocycles. The van der Waals surface area contributed by atoms with Crippen LogP contribution in [0.1, 0.15) is 36.7 Å². The van der Waals surface area contributed by atoms with E-state index in [0.29, 0.717) is 23.4 Å². The molecule has 0 unspecified atom stereocenters. The van der Waals surface area contributed by atoms with Crippen molar-refractivity contribution < 1.29 is 14.7 Å². The zero-order valence-corrected chi connectivity index (χ0v) is 12.8. The minimum atomic E-state index is -0.967. The molecular formula is C16H19N3O3. The molecule has 1 amide bonds. The number of hydrogen-bond donors (Lipinski definition) is 2. The lowest BCUT2D eigenvalue weighted by Crippen LogP contribution is -2.28. The SMILES string of the molecule is CCn1cc(C(=O)Nc2ccc(C(C)(C)C(=O)O)cc2)cn1. The van der Waals surface area contributed by atoms with Crippen molar-refractivity contribution in [1.29, 1.82) is 0 Å². The summed E-state index contributed by atoms with van der Waals surface area (Å²) in [6.07, 6.45) is 3.19. The highest BCUT2D eigenvalue weighted by atomic mass is 16.4. The van der Waals surface area contributed by atoms with Crippen molar-refractivity contribution >= 4 is 17.6 Å². The number of hydrogen-bond acceptors (Lipinski definition) is 3. The Hall–Kier alpha value is -2.63. The minimum Gasteiger partial charge on any atom is -0.481 e. The highest BCUT2D eigenvalue weighted by Crippen LogP contribution is 2.24. The minimum absolute atomic E-state index is 0.245. The summed E-state index contributed by atoms with van der Waals surface area (Å²) in [6.45, 7) is 5.92. The van der Waals surface area contributed by atoms with E-state index in [-0.39, 0.29) is 5.91 Å². The Labute approximate surface area is 128 Å². The molecule has 6 nitrogen and oxygen atoms in total. The van der Waals surface area contributed by atoms with Gasteiger partial charge in [0.1, 0.15) is 0 Å². The first-order valence-corrected chi connectivity index (χ1v) is 7.02. The van der Waals surface area contributed by atoms with Crippen LogP contribution < -0.4 is 5.32 Å². The number of carbonyl (C=O) groups is 2. The smallest absolute Gasteiger partial charge is 0.313 e. The number of nitrogens with one attached hydrogen (secondary N) is 1. The molecule has 0 radical (unpaired) electrons. The zero-order chi connectivity index (χ0) is 16.3. The van der Waals surface area contributed by atoms with Gasteiger partial charge in [-0.3, -0.25) is 14.3 Å². The van der Waals surface area contributed by atoms with Crippen LogP contribution in [0.3, 0.4) is 0 Å². The van der Waals surface area contributed by atoms with Crippen molar-refractivity contribution in [2.24, 2.45) is 0 Å². The normalized spacial score (nSPS) is 11.2. The van der Waals surface area contributed by atoms with E-state index in [4.69, 9.17) is 0 Å². The number of carboxylic acid groups (broad SMARTS) is 1. The molecule has 2 rings (SSSR count). The van der Waals surface area contributed by atoms with Crippen molar-refractivity contribution in [3.8, 4) is 0 Å². The average Bonchev–Trinajstić information content (AvgIpc) is 2.96. The molecule has 116 valence electrons. The Morgan fingerprint density at radius 2 is 1.91 bits per heavy atom. The first-order chi connectivity index (χ1) is 10.3. The van der Waals surface area contributed by atoms with Gasteiger partial charge in [-0.15, -0.1) is 0 Å². The van der Waals surface area contributed by atoms with Gasteiger partial charge in [0.15, 0.2) is 0 Å². The molecular weight excluding hydrogens is 282 g/mol. The van der Waals surface area contributed by atoms with Crippen molar-refractivity contribution in [2.45, 2.75) is 32.7 Å². The first-order valence-electron chi connectivity index (χ1n) is 7.02. The van der Waals surface area contributed by atoms with Crippen LogP contribution in [0, 0.1) is 0 Å². The number of benzene rings is 1. The van der Waals surface area contributed by atoms with Crippen LogP contribution >= 0.6 is 0 Å². The second kappa shape index (κ2) is 6.01. The van der Waals surface area contributed by atoms with E-state index in [1.54, 1.807) is 49.0 Å².